The van der Waals surface area contributed by atoms with Gasteiger partial charge in [-0.25, -0.2) is 0 Å². The Kier molecular flexibility index (Phi) is 3.75. The molecule has 0 radical (unpaired) electrons. The van der Waals surface area contributed by atoms with Crippen LogP contribution in [0.25, 0.3) is 0 Å². The summed E-state index contributed by atoms with van der Waals surface area (Å²) >= 11 is 0. The SMILES string of the molecule is CB(O)N1CCCC[C@@H]1CC=O. The quantitative estimate of drug-likeness (QED) is 0.495. The van der Waals surface area contributed by atoms with Gasteiger partial charge in [0.05, 0.1) is 0 Å². The van der Waals surface area contributed by atoms with Crippen LogP contribution in [-0.2, 0) is 4.79 Å². The molecule has 1 aliphatic rings. The third-order valence-corrected chi connectivity index (χ3v) is 2.52. The molecule has 1 fully saturated rings. The van der Waals surface area contributed by atoms with E-state index in [9.17, 15) is 9.82 Å². The first-order chi connectivity index (χ1) is 5.75. The highest BCUT2D eigenvalue weighted by Gasteiger charge is 2.27. The van der Waals surface area contributed by atoms with Crippen molar-refractivity contribution in [2.24, 2.45) is 0 Å². The van der Waals surface area contributed by atoms with Gasteiger partial charge in [0.15, 0.2) is 0 Å². The van der Waals surface area contributed by atoms with E-state index in [-0.39, 0.29) is 6.04 Å². The Morgan fingerprint density at radius 3 is 3.00 bits per heavy atom. The molecule has 4 heteroatoms. The molecule has 1 saturated heterocycles. The van der Waals surface area contributed by atoms with E-state index in [1.165, 1.54) is 6.42 Å². The Hall–Kier alpha value is -0.345. The van der Waals surface area contributed by atoms with Crippen LogP contribution >= 0.6 is 0 Å². The lowest BCUT2D eigenvalue weighted by atomic mass is 9.79. The van der Waals surface area contributed by atoms with Crippen molar-refractivity contribution in [3.63, 3.8) is 0 Å². The van der Waals surface area contributed by atoms with Crippen LogP contribution < -0.4 is 0 Å². The molecule has 0 aromatic rings. The molecule has 1 aliphatic heterocycles. The minimum atomic E-state index is -0.407. The van der Waals surface area contributed by atoms with Crippen molar-refractivity contribution in [2.75, 3.05) is 6.54 Å². The summed E-state index contributed by atoms with van der Waals surface area (Å²) in [5.41, 5.74) is 0. The largest absolute Gasteiger partial charge is 0.437 e. The van der Waals surface area contributed by atoms with Crippen molar-refractivity contribution in [1.82, 2.24) is 4.81 Å². The number of hydrogen-bond donors (Lipinski definition) is 1. The minimum Gasteiger partial charge on any atom is -0.437 e. The summed E-state index contributed by atoms with van der Waals surface area (Å²) in [6.45, 7) is 2.69. The summed E-state index contributed by atoms with van der Waals surface area (Å²) in [4.78, 5) is 12.3. The van der Waals surface area contributed by atoms with Crippen LogP contribution in [0.15, 0.2) is 0 Å². The van der Waals surface area contributed by atoms with Crippen LogP contribution in [0.5, 0.6) is 0 Å². The second kappa shape index (κ2) is 4.62. The van der Waals surface area contributed by atoms with E-state index < -0.39 is 7.05 Å². The van der Waals surface area contributed by atoms with Crippen LogP contribution in [0.1, 0.15) is 25.7 Å². The molecule has 0 bridgehead atoms. The van der Waals surface area contributed by atoms with E-state index >= 15 is 0 Å². The van der Waals surface area contributed by atoms with Gasteiger partial charge in [0.1, 0.15) is 6.29 Å². The zero-order chi connectivity index (χ0) is 8.97. The highest BCUT2D eigenvalue weighted by Crippen LogP contribution is 2.19. The van der Waals surface area contributed by atoms with Crippen molar-refractivity contribution >= 4 is 13.3 Å². The molecule has 0 aromatic carbocycles. The molecule has 1 N–H and O–H groups in total. The predicted molar refractivity (Wildman–Crippen MR) is 48.9 cm³/mol. The van der Waals surface area contributed by atoms with Crippen molar-refractivity contribution in [3.05, 3.63) is 0 Å². The molecular weight excluding hydrogens is 153 g/mol. The summed E-state index contributed by atoms with van der Waals surface area (Å²) < 4.78 is 0. The van der Waals surface area contributed by atoms with E-state index in [2.05, 4.69) is 0 Å². The van der Waals surface area contributed by atoms with Gasteiger partial charge in [-0.3, -0.25) is 0 Å². The Morgan fingerprint density at radius 1 is 1.67 bits per heavy atom. The van der Waals surface area contributed by atoms with Gasteiger partial charge >= 0.3 is 7.05 Å². The second-order valence-electron chi connectivity index (χ2n) is 3.42. The molecule has 3 nitrogen and oxygen atoms in total. The normalized spacial score (nSPS) is 25.3. The van der Waals surface area contributed by atoms with Gasteiger partial charge in [0, 0.05) is 12.5 Å². The molecule has 0 unspecified atom stereocenters. The smallest absolute Gasteiger partial charge is 0.376 e. The molecule has 68 valence electrons. The molecule has 1 rings (SSSR count). The third-order valence-electron chi connectivity index (χ3n) is 2.52. The summed E-state index contributed by atoms with van der Waals surface area (Å²) in [5, 5.41) is 9.38. The number of carbonyl (C=O) groups excluding carboxylic acids is 1. The second-order valence-corrected chi connectivity index (χ2v) is 3.42. The van der Waals surface area contributed by atoms with Gasteiger partial charge < -0.3 is 14.6 Å². The van der Waals surface area contributed by atoms with Crippen molar-refractivity contribution < 1.29 is 9.82 Å². The summed E-state index contributed by atoms with van der Waals surface area (Å²) in [7, 11) is -0.407. The van der Waals surface area contributed by atoms with Gasteiger partial charge in [-0.05, 0) is 26.2 Å². The molecule has 0 amide bonds. The monoisotopic (exact) mass is 169 g/mol. The average Bonchev–Trinajstić information content (AvgIpc) is 2.05. The molecule has 12 heavy (non-hydrogen) atoms. The van der Waals surface area contributed by atoms with Crippen LogP contribution in [0, 0.1) is 0 Å². The van der Waals surface area contributed by atoms with Gasteiger partial charge in [-0.2, -0.15) is 0 Å². The van der Waals surface area contributed by atoms with E-state index in [0.717, 1.165) is 25.7 Å². The zero-order valence-electron chi connectivity index (χ0n) is 7.57. The molecular formula is C8H16BNO2. The zero-order valence-corrected chi connectivity index (χ0v) is 7.57. The van der Waals surface area contributed by atoms with Gasteiger partial charge in [0.25, 0.3) is 0 Å². The van der Waals surface area contributed by atoms with Gasteiger partial charge in [-0.15, -0.1) is 0 Å². The number of aldehydes is 1. The maximum absolute atomic E-state index is 10.3. The topological polar surface area (TPSA) is 40.5 Å². The van der Waals surface area contributed by atoms with Crippen LogP contribution in [0.4, 0.5) is 0 Å². The van der Waals surface area contributed by atoms with Crippen molar-refractivity contribution in [2.45, 2.75) is 38.5 Å². The summed E-state index contributed by atoms with van der Waals surface area (Å²) in [6.07, 6.45) is 4.88. The van der Waals surface area contributed by atoms with Crippen LogP contribution in [0.3, 0.4) is 0 Å². The number of rotatable bonds is 3. The maximum atomic E-state index is 10.3. The summed E-state index contributed by atoms with van der Waals surface area (Å²) in [5.74, 6) is 0. The number of piperidine rings is 1. The predicted octanol–water partition coefficient (Wildman–Crippen LogP) is 0.540. The summed E-state index contributed by atoms with van der Waals surface area (Å²) in [6, 6.07) is 0.274. The Morgan fingerprint density at radius 2 is 2.42 bits per heavy atom. The standard InChI is InChI=1S/C8H16BNO2/c1-9(12)10-6-3-2-4-8(10)5-7-11/h7-8,12H,2-6H2,1H3/t8-/m1/s1. The molecule has 0 aliphatic carbocycles. The molecule has 1 heterocycles. The molecule has 0 spiro atoms. The Labute approximate surface area is 73.9 Å². The fraction of sp³-hybridized carbons (Fsp3) is 0.875. The Bertz CT molecular complexity index is 152. The fourth-order valence-electron chi connectivity index (χ4n) is 1.88. The highest BCUT2D eigenvalue weighted by atomic mass is 16.2. The van der Waals surface area contributed by atoms with Gasteiger partial charge in [-0.1, -0.05) is 6.42 Å². The lowest BCUT2D eigenvalue weighted by molar-refractivity contribution is -0.108. The number of hydrogen-bond acceptors (Lipinski definition) is 3. The number of carbonyl (C=O) groups is 1. The van der Waals surface area contributed by atoms with Crippen LogP contribution in [0.2, 0.25) is 6.82 Å². The lowest BCUT2D eigenvalue weighted by Gasteiger charge is -2.35. The first kappa shape index (κ1) is 9.74. The first-order valence-electron chi connectivity index (χ1n) is 4.63. The van der Waals surface area contributed by atoms with Crippen LogP contribution in [-0.4, -0.2) is 35.8 Å². The first-order valence-corrected chi connectivity index (χ1v) is 4.63. The minimum absolute atomic E-state index is 0.274. The maximum Gasteiger partial charge on any atom is 0.376 e. The van der Waals surface area contributed by atoms with Crippen molar-refractivity contribution in [3.8, 4) is 0 Å². The lowest BCUT2D eigenvalue weighted by Crippen LogP contribution is -2.47. The molecule has 1 atom stereocenters. The molecule has 0 aromatic heterocycles. The highest BCUT2D eigenvalue weighted by molar-refractivity contribution is 6.45. The van der Waals surface area contributed by atoms with Gasteiger partial charge in [0.2, 0.25) is 0 Å². The van der Waals surface area contributed by atoms with E-state index in [1.807, 2.05) is 4.81 Å². The number of nitrogens with zero attached hydrogens (tertiary/aromatic N) is 1. The Balaban J connectivity index is 2.47. The third kappa shape index (κ3) is 2.32. The van der Waals surface area contributed by atoms with E-state index in [0.29, 0.717) is 6.42 Å². The fourth-order valence-corrected chi connectivity index (χ4v) is 1.88. The molecule has 0 saturated carbocycles. The van der Waals surface area contributed by atoms with Crippen molar-refractivity contribution in [1.29, 1.82) is 0 Å². The average molecular weight is 169 g/mol. The van der Waals surface area contributed by atoms with E-state index in [1.54, 1.807) is 6.82 Å². The van der Waals surface area contributed by atoms with E-state index in [4.69, 9.17) is 0 Å².